The molecule has 0 saturated heterocycles. The van der Waals surface area contributed by atoms with Gasteiger partial charge in [0.25, 0.3) is 5.91 Å². The molecule has 4 nitrogen and oxygen atoms in total. The Morgan fingerprint density at radius 1 is 0.943 bits per heavy atom. The van der Waals surface area contributed by atoms with Crippen molar-refractivity contribution in [2.24, 2.45) is 4.99 Å². The van der Waals surface area contributed by atoms with Crippen LogP contribution in [0.5, 0.6) is 0 Å². The van der Waals surface area contributed by atoms with Gasteiger partial charge in [0.2, 0.25) is 0 Å². The minimum absolute atomic E-state index is 0.166. The summed E-state index contributed by atoms with van der Waals surface area (Å²) in [5.74, 6) is -0.509. The topological polar surface area (TPSA) is 49.7 Å². The average molecular weight is 594 g/mol. The van der Waals surface area contributed by atoms with E-state index in [1.54, 1.807) is 33.4 Å². The van der Waals surface area contributed by atoms with Crippen LogP contribution >= 0.6 is 22.9 Å². The van der Waals surface area contributed by atoms with E-state index in [0.29, 0.717) is 38.9 Å². The fourth-order valence-electron chi connectivity index (χ4n) is 4.03. The molecule has 0 aliphatic carbocycles. The minimum atomic E-state index is -1.49. The molecule has 1 aliphatic rings. The van der Waals surface area contributed by atoms with Crippen molar-refractivity contribution in [1.82, 2.24) is 3.11 Å². The van der Waals surface area contributed by atoms with Crippen molar-refractivity contribution in [2.75, 3.05) is 0 Å². The van der Waals surface area contributed by atoms with Gasteiger partial charge in [-0.25, -0.2) is 13.6 Å². The second kappa shape index (κ2) is 9.83. The van der Waals surface area contributed by atoms with Gasteiger partial charge in [-0.05, 0) is 61.0 Å². The van der Waals surface area contributed by atoms with E-state index in [2.05, 4.69) is 6.07 Å². The Labute approximate surface area is 219 Å². The van der Waals surface area contributed by atoms with Gasteiger partial charge in [0.1, 0.15) is 5.82 Å². The first kappa shape index (κ1) is 23.6. The fraction of sp³-hybridized carbons (Fsp3) is 0.0714. The highest BCUT2D eigenvalue weighted by molar-refractivity contribution is 14.1. The third kappa shape index (κ3) is 4.83. The molecule has 1 atom stereocenters. The summed E-state index contributed by atoms with van der Waals surface area (Å²) < 4.78 is 28.7. The number of aliphatic imine (C=N–C) groups is 1. The van der Waals surface area contributed by atoms with Gasteiger partial charge in [-0.15, -0.1) is 0 Å². The number of hydrogen-bond acceptors (Lipinski definition) is 3. The van der Waals surface area contributed by atoms with Crippen LogP contribution in [0, 0.1) is 12.7 Å². The fourth-order valence-corrected chi connectivity index (χ4v) is 5.99. The quantitative estimate of drug-likeness (QED) is 0.170. The summed E-state index contributed by atoms with van der Waals surface area (Å²) in [6, 6.07) is 26.6. The lowest BCUT2D eigenvalue weighted by atomic mass is 10.0. The summed E-state index contributed by atoms with van der Waals surface area (Å²) in [5, 5.41) is 0. The second-order valence-corrected chi connectivity index (χ2v) is 10.8. The van der Waals surface area contributed by atoms with Gasteiger partial charge < -0.3 is 0 Å². The van der Waals surface area contributed by atoms with Gasteiger partial charge in [-0.2, -0.15) is 0 Å². The lowest BCUT2D eigenvalue weighted by Gasteiger charge is -2.16. The summed E-state index contributed by atoms with van der Waals surface area (Å²) in [6.45, 7) is 2.48. The molecule has 4 aromatic carbocycles. The lowest BCUT2D eigenvalue weighted by Crippen LogP contribution is -2.20. The van der Waals surface area contributed by atoms with Crippen LogP contribution in [0.1, 0.15) is 32.6 Å². The van der Waals surface area contributed by atoms with Crippen LogP contribution in [0.15, 0.2) is 106 Å². The van der Waals surface area contributed by atoms with Gasteiger partial charge in [0.15, 0.2) is 0 Å². The van der Waals surface area contributed by atoms with Crippen LogP contribution < -0.4 is 0 Å². The van der Waals surface area contributed by atoms with E-state index in [1.807, 2.05) is 72.3 Å². The molecule has 35 heavy (non-hydrogen) atoms. The zero-order valence-corrected chi connectivity index (χ0v) is 21.7. The monoisotopic (exact) mass is 594 g/mol. The molecule has 1 heterocycles. The molecule has 1 unspecified atom stereocenters. The third-order valence-corrected chi connectivity index (χ3v) is 8.00. The van der Waals surface area contributed by atoms with Crippen molar-refractivity contribution in [3.63, 3.8) is 0 Å². The maximum atomic E-state index is 13.6. The van der Waals surface area contributed by atoms with Crippen molar-refractivity contribution < 1.29 is 13.4 Å². The van der Waals surface area contributed by atoms with Gasteiger partial charge in [0.05, 0.1) is 61.4 Å². The molecule has 0 aromatic heterocycles. The Bertz CT molecular complexity index is 1500. The van der Waals surface area contributed by atoms with Crippen LogP contribution in [-0.2, 0) is 17.3 Å². The second-order valence-electron chi connectivity index (χ2n) is 8.23. The number of nitrogens with zero attached hydrogens (tertiary/aromatic N) is 2. The van der Waals surface area contributed by atoms with Crippen molar-refractivity contribution in [2.45, 2.75) is 23.3 Å². The number of hydrogen-bond donors (Lipinski definition) is 0. The summed E-state index contributed by atoms with van der Waals surface area (Å²) in [5.41, 5.74) is 5.10. The molecule has 1 amide bonds. The minimum Gasteiger partial charge on any atom is -0.276 e. The van der Waals surface area contributed by atoms with Crippen molar-refractivity contribution >= 4 is 51.0 Å². The molecule has 5 rings (SSSR count). The predicted octanol–water partition coefficient (Wildman–Crippen LogP) is 6.78. The van der Waals surface area contributed by atoms with Crippen molar-refractivity contribution in [3.8, 4) is 0 Å². The highest BCUT2D eigenvalue weighted by Gasteiger charge is 2.25. The number of benzene rings is 4. The largest absolute Gasteiger partial charge is 0.276 e. The van der Waals surface area contributed by atoms with Crippen LogP contribution in [-0.4, -0.2) is 18.9 Å². The zero-order chi connectivity index (χ0) is 24.5. The zero-order valence-electron chi connectivity index (χ0n) is 18.7. The van der Waals surface area contributed by atoms with Crippen LogP contribution in [0.4, 0.5) is 10.1 Å². The number of rotatable bonds is 4. The summed E-state index contributed by atoms with van der Waals surface area (Å²) in [6.07, 6.45) is 0. The maximum Gasteiger partial charge on any atom is 0.262 e. The Balaban J connectivity index is 1.56. The smallest absolute Gasteiger partial charge is 0.262 e. The van der Waals surface area contributed by atoms with E-state index in [0.717, 1.165) is 16.7 Å². The number of carbonyl (C=O) groups excluding carboxylic acids is 1. The molecule has 0 radical (unpaired) electrons. The number of amides is 1. The molecule has 0 saturated carbocycles. The summed E-state index contributed by atoms with van der Waals surface area (Å²) in [7, 11) is -1.49. The van der Waals surface area contributed by atoms with E-state index in [-0.39, 0.29) is 11.7 Å². The van der Waals surface area contributed by atoms with Crippen LogP contribution in [0.2, 0.25) is 0 Å². The summed E-state index contributed by atoms with van der Waals surface area (Å²) in [4.78, 5) is 19.3. The highest BCUT2D eigenvalue weighted by Crippen LogP contribution is 2.35. The molecule has 174 valence electrons. The first-order chi connectivity index (χ1) is 16.9. The molecule has 7 heteroatoms. The SMILES string of the molecule is Cc1cccc(CN(I)C(=O)c2ccc3c(c2)N=C(c2ccc(F)cc2)c2ccccc2S3=O)c1. The Morgan fingerprint density at radius 3 is 2.49 bits per heavy atom. The molecule has 0 spiro atoms. The van der Waals surface area contributed by atoms with Gasteiger partial charge >= 0.3 is 0 Å². The Kier molecular flexibility index (Phi) is 6.62. The predicted molar refractivity (Wildman–Crippen MR) is 144 cm³/mol. The molecular formula is C28H20FIN2O2S. The van der Waals surface area contributed by atoms with E-state index in [1.165, 1.54) is 12.1 Å². The molecule has 0 fully saturated rings. The normalized spacial score (nSPS) is 14.4. The number of carbonyl (C=O) groups is 1. The average Bonchev–Trinajstić information content (AvgIpc) is 2.98. The Morgan fingerprint density at radius 2 is 1.71 bits per heavy atom. The standard InChI is InChI=1S/C28H20FIN2O2S/c1-18-5-4-6-19(15-18)17-32(30)28(33)21-11-14-26-24(16-21)31-27(20-9-12-22(29)13-10-20)23-7-2-3-8-25(23)35(26)34/h2-16H,17H2,1H3. The van der Waals surface area contributed by atoms with Gasteiger partial charge in [-0.3, -0.25) is 7.91 Å². The van der Waals surface area contributed by atoms with E-state index in [9.17, 15) is 13.4 Å². The number of aryl methyl sites for hydroxylation is 1. The van der Waals surface area contributed by atoms with Gasteiger partial charge in [0, 0.05) is 16.7 Å². The third-order valence-electron chi connectivity index (χ3n) is 5.72. The summed E-state index contributed by atoms with van der Waals surface area (Å²) >= 11 is 2.02. The van der Waals surface area contributed by atoms with Crippen LogP contribution in [0.3, 0.4) is 0 Å². The molecule has 1 aliphatic heterocycles. The first-order valence-corrected chi connectivity index (χ1v) is 13.1. The maximum absolute atomic E-state index is 13.6. The van der Waals surface area contributed by atoms with Crippen LogP contribution in [0.25, 0.3) is 0 Å². The van der Waals surface area contributed by atoms with Crippen molar-refractivity contribution in [3.05, 3.63) is 125 Å². The van der Waals surface area contributed by atoms with E-state index < -0.39 is 10.8 Å². The number of halogens is 2. The molecular weight excluding hydrogens is 574 g/mol. The van der Waals surface area contributed by atoms with E-state index >= 15 is 0 Å². The molecule has 4 aromatic rings. The highest BCUT2D eigenvalue weighted by atomic mass is 127. The van der Waals surface area contributed by atoms with Gasteiger partial charge in [-0.1, -0.05) is 48.0 Å². The first-order valence-electron chi connectivity index (χ1n) is 10.9. The molecule has 0 N–H and O–H groups in total. The molecule has 0 bridgehead atoms. The lowest BCUT2D eigenvalue weighted by molar-refractivity contribution is 0.0883. The Hall–Kier alpha value is -3.17. The van der Waals surface area contributed by atoms with E-state index in [4.69, 9.17) is 4.99 Å². The number of fused-ring (bicyclic) bond motifs is 2. The van der Waals surface area contributed by atoms with Crippen molar-refractivity contribution in [1.29, 1.82) is 0 Å².